The first kappa shape index (κ1) is 14.7. The second-order valence-corrected chi connectivity index (χ2v) is 5.44. The van der Waals surface area contributed by atoms with Crippen molar-refractivity contribution in [2.75, 3.05) is 0 Å². The quantitative estimate of drug-likeness (QED) is 0.628. The fraction of sp³-hybridized carbons (Fsp3) is 0.188. The first-order valence-electron chi connectivity index (χ1n) is 6.57. The fourth-order valence-electron chi connectivity index (χ4n) is 2.78. The number of rotatable bonds is 1. The Morgan fingerprint density at radius 1 is 1.00 bits per heavy atom. The van der Waals surface area contributed by atoms with E-state index in [1.54, 1.807) is 18.2 Å². The van der Waals surface area contributed by atoms with Crippen LogP contribution in [-0.4, -0.2) is 5.78 Å². The number of halogens is 3. The summed E-state index contributed by atoms with van der Waals surface area (Å²) in [5, 5.41) is 0. The molecule has 3 rings (SSSR count). The van der Waals surface area contributed by atoms with Gasteiger partial charge in [0.1, 0.15) is 5.66 Å². The molecule has 0 bridgehead atoms. The molecule has 1 aliphatic carbocycles. The lowest BCUT2D eigenvalue weighted by Gasteiger charge is -2.22. The highest BCUT2D eigenvalue weighted by Crippen LogP contribution is 2.45. The number of benzene rings is 2. The normalized spacial score (nSPS) is 15.4. The van der Waals surface area contributed by atoms with Crippen LogP contribution in [0.2, 0.25) is 0 Å². The van der Waals surface area contributed by atoms with E-state index < -0.39 is 17.4 Å². The Balaban J connectivity index is 2.24. The van der Waals surface area contributed by atoms with Gasteiger partial charge in [0.2, 0.25) is 0 Å². The van der Waals surface area contributed by atoms with Gasteiger partial charge in [-0.1, -0.05) is 18.2 Å². The number of fused-ring (bicyclic) bond motifs is 3. The van der Waals surface area contributed by atoms with Gasteiger partial charge in [0.15, 0.2) is 5.78 Å². The van der Waals surface area contributed by atoms with Crippen molar-refractivity contribution >= 4 is 5.78 Å². The van der Waals surface area contributed by atoms with Gasteiger partial charge in [-0.15, -0.1) is 0 Å². The van der Waals surface area contributed by atoms with Crippen molar-refractivity contribution in [2.45, 2.75) is 18.8 Å². The first-order chi connectivity index (χ1) is 10.1. The van der Waals surface area contributed by atoms with Crippen LogP contribution < -0.4 is 11.5 Å². The average molecular weight is 306 g/mol. The zero-order valence-corrected chi connectivity index (χ0v) is 11.7. The van der Waals surface area contributed by atoms with E-state index in [0.29, 0.717) is 22.3 Å². The van der Waals surface area contributed by atoms with Gasteiger partial charge in [0, 0.05) is 5.56 Å². The maximum absolute atomic E-state index is 12.9. The van der Waals surface area contributed by atoms with Gasteiger partial charge >= 0.3 is 6.18 Å². The molecule has 0 aliphatic heterocycles. The van der Waals surface area contributed by atoms with Gasteiger partial charge in [-0.2, -0.15) is 13.2 Å². The summed E-state index contributed by atoms with van der Waals surface area (Å²) in [5.74, 6) is -0.162. The molecule has 2 aromatic rings. The van der Waals surface area contributed by atoms with Crippen LogP contribution >= 0.6 is 0 Å². The Morgan fingerprint density at radius 3 is 2.09 bits per heavy atom. The van der Waals surface area contributed by atoms with Gasteiger partial charge < -0.3 is 11.5 Å². The topological polar surface area (TPSA) is 69.1 Å². The molecule has 0 unspecified atom stereocenters. The third-order valence-electron chi connectivity index (χ3n) is 3.95. The summed E-state index contributed by atoms with van der Waals surface area (Å²) in [5.41, 5.74) is 12.1. The van der Waals surface area contributed by atoms with Crippen LogP contribution in [0.25, 0.3) is 11.1 Å². The maximum Gasteiger partial charge on any atom is 0.416 e. The van der Waals surface area contributed by atoms with Crippen molar-refractivity contribution in [2.24, 2.45) is 11.5 Å². The van der Waals surface area contributed by atoms with Crippen LogP contribution in [-0.2, 0) is 11.8 Å². The lowest BCUT2D eigenvalue weighted by molar-refractivity contribution is -0.137. The predicted octanol–water partition coefficient (Wildman–Crippen LogP) is 3.01. The lowest BCUT2D eigenvalue weighted by Crippen LogP contribution is -2.45. The molecule has 22 heavy (non-hydrogen) atoms. The van der Waals surface area contributed by atoms with Gasteiger partial charge in [-0.3, -0.25) is 4.79 Å². The second kappa shape index (κ2) is 4.41. The third-order valence-corrected chi connectivity index (χ3v) is 3.95. The smallest absolute Gasteiger partial charge is 0.306 e. The Morgan fingerprint density at radius 2 is 1.55 bits per heavy atom. The van der Waals surface area contributed by atoms with Crippen LogP contribution in [0.4, 0.5) is 13.2 Å². The Hall–Kier alpha value is -2.18. The molecule has 0 heterocycles. The molecule has 114 valence electrons. The first-order valence-corrected chi connectivity index (χ1v) is 6.57. The number of hydrogen-bond acceptors (Lipinski definition) is 3. The standard InChI is InChI=1S/C16H13F3N2O/c1-8(22)9-2-4-11-12-5-3-10(16(17,18)19)7-14(12)15(20,21)13(11)6-9/h2-7H,20-21H2,1H3. The summed E-state index contributed by atoms with van der Waals surface area (Å²) in [6.45, 7) is 1.40. The van der Waals surface area contributed by atoms with E-state index in [4.69, 9.17) is 11.5 Å². The van der Waals surface area contributed by atoms with Crippen LogP contribution in [0, 0.1) is 0 Å². The number of hydrogen-bond donors (Lipinski definition) is 2. The summed E-state index contributed by atoms with van der Waals surface area (Å²) < 4.78 is 38.6. The molecule has 0 saturated heterocycles. The van der Waals surface area contributed by atoms with E-state index in [9.17, 15) is 18.0 Å². The van der Waals surface area contributed by atoms with Gasteiger partial charge in [-0.25, -0.2) is 0 Å². The van der Waals surface area contributed by atoms with Crippen molar-refractivity contribution < 1.29 is 18.0 Å². The number of ketones is 1. The highest BCUT2D eigenvalue weighted by Gasteiger charge is 2.40. The predicted molar refractivity (Wildman–Crippen MR) is 76.0 cm³/mol. The van der Waals surface area contributed by atoms with Gasteiger partial charge in [0.05, 0.1) is 5.56 Å². The molecule has 6 heteroatoms. The molecule has 0 amide bonds. The highest BCUT2D eigenvalue weighted by atomic mass is 19.4. The molecule has 0 spiro atoms. The SMILES string of the molecule is CC(=O)c1ccc2c(c1)C(N)(N)c1cc(C(F)(F)F)ccc1-2. The minimum Gasteiger partial charge on any atom is -0.306 e. The number of Topliss-reactive ketones (excluding diaryl/α,β-unsaturated/α-hetero) is 1. The second-order valence-electron chi connectivity index (χ2n) is 5.44. The minimum absolute atomic E-state index is 0.162. The summed E-state index contributed by atoms with van der Waals surface area (Å²) >= 11 is 0. The third kappa shape index (κ3) is 2.03. The molecule has 4 N–H and O–H groups in total. The summed E-state index contributed by atoms with van der Waals surface area (Å²) in [7, 11) is 0. The zero-order chi connectivity index (χ0) is 16.3. The molecule has 0 aromatic heterocycles. The largest absolute Gasteiger partial charge is 0.416 e. The van der Waals surface area contributed by atoms with E-state index in [2.05, 4.69) is 0 Å². The Kier molecular flexibility index (Phi) is 2.95. The minimum atomic E-state index is -4.47. The molecular weight excluding hydrogens is 293 g/mol. The van der Waals surface area contributed by atoms with Crippen LogP contribution in [0.15, 0.2) is 36.4 Å². The van der Waals surface area contributed by atoms with E-state index in [0.717, 1.165) is 12.1 Å². The van der Waals surface area contributed by atoms with E-state index >= 15 is 0 Å². The zero-order valence-electron chi connectivity index (χ0n) is 11.7. The lowest BCUT2D eigenvalue weighted by atomic mass is 9.96. The molecule has 3 nitrogen and oxygen atoms in total. The molecule has 0 atom stereocenters. The van der Waals surface area contributed by atoms with Gasteiger partial charge in [-0.05, 0) is 47.4 Å². The van der Waals surface area contributed by atoms with Crippen LogP contribution in [0.5, 0.6) is 0 Å². The number of carbonyl (C=O) groups is 1. The number of alkyl halides is 3. The van der Waals surface area contributed by atoms with E-state index in [1.807, 2.05) is 0 Å². The molecule has 0 radical (unpaired) electrons. The Bertz CT molecular complexity index is 794. The summed E-state index contributed by atoms with van der Waals surface area (Å²) in [4.78, 5) is 11.5. The van der Waals surface area contributed by atoms with Crippen LogP contribution in [0.1, 0.15) is 34.0 Å². The molecule has 1 aliphatic rings. The number of carbonyl (C=O) groups excluding carboxylic acids is 1. The maximum atomic E-state index is 12.9. The van der Waals surface area contributed by atoms with Crippen molar-refractivity contribution in [3.05, 3.63) is 58.7 Å². The Labute approximate surface area is 124 Å². The molecule has 0 fully saturated rings. The van der Waals surface area contributed by atoms with Gasteiger partial charge in [0.25, 0.3) is 0 Å². The highest BCUT2D eigenvalue weighted by molar-refractivity contribution is 5.96. The van der Waals surface area contributed by atoms with Crippen LogP contribution in [0.3, 0.4) is 0 Å². The molecular formula is C16H13F3N2O. The fourth-order valence-corrected chi connectivity index (χ4v) is 2.78. The summed E-state index contributed by atoms with van der Waals surface area (Å²) in [6, 6.07) is 8.17. The monoisotopic (exact) mass is 306 g/mol. The summed E-state index contributed by atoms with van der Waals surface area (Å²) in [6.07, 6.45) is -4.47. The van der Waals surface area contributed by atoms with E-state index in [-0.39, 0.29) is 11.3 Å². The molecule has 2 aromatic carbocycles. The van der Waals surface area contributed by atoms with Crippen molar-refractivity contribution in [3.63, 3.8) is 0 Å². The molecule has 0 saturated carbocycles. The van der Waals surface area contributed by atoms with Crippen molar-refractivity contribution in [1.29, 1.82) is 0 Å². The van der Waals surface area contributed by atoms with Crippen molar-refractivity contribution in [3.8, 4) is 11.1 Å². The van der Waals surface area contributed by atoms with Crippen molar-refractivity contribution in [1.82, 2.24) is 0 Å². The average Bonchev–Trinajstić information content (AvgIpc) is 2.66. The number of nitrogens with two attached hydrogens (primary N) is 2. The van der Waals surface area contributed by atoms with E-state index in [1.165, 1.54) is 13.0 Å².